The van der Waals surface area contributed by atoms with Crippen molar-refractivity contribution in [3.63, 3.8) is 0 Å². The number of rotatable bonds is 6. The fraction of sp³-hybridized carbons (Fsp3) is 0.238. The van der Waals surface area contributed by atoms with Crippen molar-refractivity contribution in [3.05, 3.63) is 70.0 Å². The van der Waals surface area contributed by atoms with Crippen LogP contribution in [-0.4, -0.2) is 49.1 Å². The van der Waals surface area contributed by atoms with Crippen molar-refractivity contribution in [2.24, 2.45) is 0 Å². The van der Waals surface area contributed by atoms with Crippen molar-refractivity contribution in [1.29, 1.82) is 0 Å². The molecule has 1 atom stereocenters. The first kappa shape index (κ1) is 20.8. The van der Waals surface area contributed by atoms with E-state index in [2.05, 4.69) is 0 Å². The zero-order valence-corrected chi connectivity index (χ0v) is 16.6. The molecule has 0 bridgehead atoms. The minimum atomic E-state index is -0.879. The first-order valence-electron chi connectivity index (χ1n) is 8.75. The van der Waals surface area contributed by atoms with E-state index in [0.717, 1.165) is 6.07 Å². The fourth-order valence-electron chi connectivity index (χ4n) is 3.30. The number of benzene rings is 2. The van der Waals surface area contributed by atoms with Crippen LogP contribution in [0.25, 0.3) is 5.76 Å². The number of ether oxygens (including phenoxy) is 2. The summed E-state index contributed by atoms with van der Waals surface area (Å²) in [5.74, 6) is -2.62. The number of hydrogen-bond acceptors (Lipinski definition) is 5. The number of Topliss-reactive ketones (excluding diaryl/α,β-unsaturated/α-hetero) is 1. The lowest BCUT2D eigenvalue weighted by atomic mass is 9.95. The molecule has 0 spiro atoms. The molecule has 0 aliphatic carbocycles. The molecule has 1 heterocycles. The van der Waals surface area contributed by atoms with Crippen molar-refractivity contribution in [2.75, 3.05) is 27.4 Å². The SMILES string of the molecule is COCCN1C(=O)C(=O)/C(=C(/O)c2cc(F)ccc2OC)C1c1ccc(Cl)cc1. The number of halogens is 2. The Bertz CT molecular complexity index is 974. The van der Waals surface area contributed by atoms with E-state index in [0.29, 0.717) is 10.6 Å². The molecular formula is C21H19ClFNO5. The van der Waals surface area contributed by atoms with Gasteiger partial charge in [0.15, 0.2) is 0 Å². The summed E-state index contributed by atoms with van der Waals surface area (Å²) in [5.41, 5.74) is 0.398. The predicted molar refractivity (Wildman–Crippen MR) is 105 cm³/mol. The molecule has 1 fully saturated rings. The van der Waals surface area contributed by atoms with E-state index < -0.39 is 29.3 Å². The van der Waals surface area contributed by atoms with Gasteiger partial charge in [0.1, 0.15) is 17.3 Å². The third kappa shape index (κ3) is 3.97. The van der Waals surface area contributed by atoms with Crippen molar-refractivity contribution < 1.29 is 28.6 Å². The molecule has 6 nitrogen and oxygen atoms in total. The van der Waals surface area contributed by atoms with E-state index in [1.54, 1.807) is 24.3 Å². The Morgan fingerprint density at radius 2 is 1.86 bits per heavy atom. The van der Waals surface area contributed by atoms with Crippen LogP contribution in [0.3, 0.4) is 0 Å². The van der Waals surface area contributed by atoms with Crippen LogP contribution in [-0.2, 0) is 14.3 Å². The second kappa shape index (κ2) is 8.63. The van der Waals surface area contributed by atoms with Gasteiger partial charge < -0.3 is 19.5 Å². The molecule has 0 saturated carbocycles. The quantitative estimate of drug-likeness (QED) is 0.440. The van der Waals surface area contributed by atoms with Gasteiger partial charge in [-0.05, 0) is 35.9 Å². The molecule has 1 aliphatic rings. The van der Waals surface area contributed by atoms with Crippen molar-refractivity contribution in [3.8, 4) is 5.75 Å². The number of nitrogens with zero attached hydrogens (tertiary/aromatic N) is 1. The number of methoxy groups -OCH3 is 2. The zero-order valence-electron chi connectivity index (χ0n) is 15.8. The minimum Gasteiger partial charge on any atom is -0.507 e. The van der Waals surface area contributed by atoms with Gasteiger partial charge in [0.25, 0.3) is 11.7 Å². The van der Waals surface area contributed by atoms with Crippen molar-refractivity contribution in [2.45, 2.75) is 6.04 Å². The highest BCUT2D eigenvalue weighted by Gasteiger charge is 2.46. The molecule has 152 valence electrons. The third-order valence-corrected chi connectivity index (χ3v) is 4.93. The summed E-state index contributed by atoms with van der Waals surface area (Å²) in [7, 11) is 2.84. The maximum Gasteiger partial charge on any atom is 0.295 e. The summed E-state index contributed by atoms with van der Waals surface area (Å²) in [4.78, 5) is 26.8. The van der Waals surface area contributed by atoms with E-state index in [1.807, 2.05) is 0 Å². The minimum absolute atomic E-state index is 0.0174. The Morgan fingerprint density at radius 1 is 1.17 bits per heavy atom. The Kier molecular flexibility index (Phi) is 6.20. The van der Waals surface area contributed by atoms with E-state index >= 15 is 0 Å². The number of amides is 1. The monoisotopic (exact) mass is 419 g/mol. The second-order valence-corrected chi connectivity index (χ2v) is 6.82. The van der Waals surface area contributed by atoms with Gasteiger partial charge >= 0.3 is 0 Å². The second-order valence-electron chi connectivity index (χ2n) is 6.38. The number of aliphatic hydroxyl groups excluding tert-OH is 1. The lowest BCUT2D eigenvalue weighted by Gasteiger charge is -2.25. The molecular weight excluding hydrogens is 401 g/mol. The van der Waals surface area contributed by atoms with Gasteiger partial charge in [-0.15, -0.1) is 0 Å². The molecule has 1 N–H and O–H groups in total. The number of likely N-dealkylation sites (tertiary alicyclic amines) is 1. The first-order valence-corrected chi connectivity index (χ1v) is 9.13. The molecule has 0 aromatic heterocycles. The summed E-state index contributed by atoms with van der Waals surface area (Å²) in [6, 6.07) is 9.24. The highest BCUT2D eigenvalue weighted by atomic mass is 35.5. The van der Waals surface area contributed by atoms with Crippen LogP contribution in [0.15, 0.2) is 48.0 Å². The number of hydrogen-bond donors (Lipinski definition) is 1. The topological polar surface area (TPSA) is 76.1 Å². The van der Waals surface area contributed by atoms with Gasteiger partial charge in [-0.25, -0.2) is 4.39 Å². The highest BCUT2D eigenvalue weighted by Crippen LogP contribution is 2.41. The van der Waals surface area contributed by atoms with Gasteiger partial charge in [0.05, 0.1) is 30.9 Å². The van der Waals surface area contributed by atoms with Gasteiger partial charge in [-0.1, -0.05) is 23.7 Å². The molecule has 3 rings (SSSR count). The highest BCUT2D eigenvalue weighted by molar-refractivity contribution is 6.46. The van der Waals surface area contributed by atoms with Gasteiger partial charge in [-0.2, -0.15) is 0 Å². The molecule has 1 saturated heterocycles. The molecule has 29 heavy (non-hydrogen) atoms. The first-order chi connectivity index (χ1) is 13.9. The third-order valence-electron chi connectivity index (χ3n) is 4.68. The molecule has 0 radical (unpaired) electrons. The Labute approximate surface area is 172 Å². The molecule has 2 aromatic rings. The summed E-state index contributed by atoms with van der Waals surface area (Å²) < 4.78 is 24.1. The molecule has 1 amide bonds. The molecule has 8 heteroatoms. The average molecular weight is 420 g/mol. The number of ketones is 1. The molecule has 2 aromatic carbocycles. The van der Waals surface area contributed by atoms with Crippen LogP contribution in [0.2, 0.25) is 5.02 Å². The number of carbonyl (C=O) groups excluding carboxylic acids is 2. The van der Waals surface area contributed by atoms with Crippen LogP contribution < -0.4 is 4.74 Å². The average Bonchev–Trinajstić information content (AvgIpc) is 2.97. The normalized spacial score (nSPS) is 18.3. The Morgan fingerprint density at radius 3 is 2.48 bits per heavy atom. The lowest BCUT2D eigenvalue weighted by molar-refractivity contribution is -0.140. The smallest absolute Gasteiger partial charge is 0.295 e. The molecule has 1 aliphatic heterocycles. The maximum absolute atomic E-state index is 13.8. The largest absolute Gasteiger partial charge is 0.507 e. The van der Waals surface area contributed by atoms with Crippen LogP contribution >= 0.6 is 11.6 Å². The van der Waals surface area contributed by atoms with Gasteiger partial charge in [0, 0.05) is 18.7 Å². The fourth-order valence-corrected chi connectivity index (χ4v) is 3.43. The van der Waals surface area contributed by atoms with Gasteiger partial charge in [-0.3, -0.25) is 9.59 Å². The Hall–Kier alpha value is -2.90. The van der Waals surface area contributed by atoms with Crippen LogP contribution in [0.1, 0.15) is 17.2 Å². The van der Waals surface area contributed by atoms with E-state index in [9.17, 15) is 19.1 Å². The van der Waals surface area contributed by atoms with E-state index in [1.165, 1.54) is 31.3 Å². The summed E-state index contributed by atoms with van der Waals surface area (Å²) in [6.07, 6.45) is 0. The summed E-state index contributed by atoms with van der Waals surface area (Å²) in [6.45, 7) is 0.325. The standard InChI is InChI=1S/C21H19ClFNO5/c1-28-10-9-24-18(12-3-5-13(22)6-4-12)17(20(26)21(24)27)19(25)15-11-14(23)7-8-16(15)29-2/h3-8,11,18,25H,9-10H2,1-2H3/b19-17+. The number of carbonyl (C=O) groups is 2. The van der Waals surface area contributed by atoms with Crippen LogP contribution in [0.5, 0.6) is 5.75 Å². The van der Waals surface area contributed by atoms with E-state index in [-0.39, 0.29) is 30.0 Å². The van der Waals surface area contributed by atoms with Crippen molar-refractivity contribution in [1.82, 2.24) is 4.90 Å². The van der Waals surface area contributed by atoms with Crippen molar-refractivity contribution >= 4 is 29.1 Å². The zero-order chi connectivity index (χ0) is 21.1. The number of aliphatic hydroxyl groups is 1. The summed E-state index contributed by atoms with van der Waals surface area (Å²) >= 11 is 5.96. The predicted octanol–water partition coefficient (Wildman–Crippen LogP) is 3.56. The Balaban J connectivity index is 2.22. The van der Waals surface area contributed by atoms with Gasteiger partial charge in [0.2, 0.25) is 0 Å². The molecule has 1 unspecified atom stereocenters. The van der Waals surface area contributed by atoms with Crippen LogP contribution in [0, 0.1) is 5.82 Å². The summed E-state index contributed by atoms with van der Waals surface area (Å²) in [5, 5.41) is 11.4. The van der Waals surface area contributed by atoms with Crippen LogP contribution in [0.4, 0.5) is 4.39 Å². The maximum atomic E-state index is 13.8. The lowest BCUT2D eigenvalue weighted by Crippen LogP contribution is -2.32. The van der Waals surface area contributed by atoms with E-state index in [4.69, 9.17) is 21.1 Å².